The predicted octanol–water partition coefficient (Wildman–Crippen LogP) is 4.60. The lowest BCUT2D eigenvalue weighted by atomic mass is 9.94. The van der Waals surface area contributed by atoms with Crippen molar-refractivity contribution < 1.29 is 9.59 Å². The molecule has 0 aliphatic carbocycles. The SMILES string of the molecule is CCCCCC[C@]1(C)NC(=O)N(c2csc(-c3ccccc3)n2)C1=O. The first-order valence-electron chi connectivity index (χ1n) is 8.73. The summed E-state index contributed by atoms with van der Waals surface area (Å²) < 4.78 is 0. The van der Waals surface area contributed by atoms with Crippen LogP contribution < -0.4 is 10.2 Å². The van der Waals surface area contributed by atoms with Crippen molar-refractivity contribution in [2.24, 2.45) is 0 Å². The molecule has 2 aromatic rings. The zero-order valence-corrected chi connectivity index (χ0v) is 15.4. The van der Waals surface area contributed by atoms with Crippen LogP contribution in [0, 0.1) is 0 Å². The zero-order valence-electron chi connectivity index (χ0n) is 14.6. The summed E-state index contributed by atoms with van der Waals surface area (Å²) in [6, 6.07) is 9.38. The molecule has 1 fully saturated rings. The second-order valence-corrected chi connectivity index (χ2v) is 7.45. The first-order chi connectivity index (χ1) is 12.0. The van der Waals surface area contributed by atoms with E-state index in [0.717, 1.165) is 36.3 Å². The number of hydrogen-bond donors (Lipinski definition) is 1. The molecule has 5 nitrogen and oxygen atoms in total. The van der Waals surface area contributed by atoms with E-state index >= 15 is 0 Å². The van der Waals surface area contributed by atoms with Crippen LogP contribution in [0.25, 0.3) is 10.6 Å². The van der Waals surface area contributed by atoms with Gasteiger partial charge >= 0.3 is 6.03 Å². The maximum Gasteiger partial charge on any atom is 0.330 e. The van der Waals surface area contributed by atoms with Crippen LogP contribution >= 0.6 is 11.3 Å². The zero-order chi connectivity index (χ0) is 17.9. The molecule has 1 saturated heterocycles. The smallest absolute Gasteiger partial charge is 0.323 e. The summed E-state index contributed by atoms with van der Waals surface area (Å²) in [4.78, 5) is 30.9. The minimum atomic E-state index is -0.832. The number of hydrogen-bond acceptors (Lipinski definition) is 4. The Morgan fingerprint density at radius 2 is 1.92 bits per heavy atom. The Labute approximate surface area is 152 Å². The van der Waals surface area contributed by atoms with Crippen LogP contribution in [-0.2, 0) is 4.79 Å². The number of benzene rings is 1. The molecule has 1 aliphatic rings. The number of unbranched alkanes of at least 4 members (excludes halogenated alkanes) is 3. The summed E-state index contributed by atoms with van der Waals surface area (Å²) >= 11 is 1.43. The number of nitrogens with zero attached hydrogens (tertiary/aromatic N) is 2. The number of aromatic nitrogens is 1. The van der Waals surface area contributed by atoms with Gasteiger partial charge in [0.1, 0.15) is 10.5 Å². The Kier molecular flexibility index (Phi) is 5.18. The minimum absolute atomic E-state index is 0.209. The Morgan fingerprint density at radius 3 is 2.64 bits per heavy atom. The minimum Gasteiger partial charge on any atom is -0.323 e. The van der Waals surface area contributed by atoms with E-state index in [0.29, 0.717) is 12.2 Å². The van der Waals surface area contributed by atoms with E-state index in [1.54, 1.807) is 5.38 Å². The average Bonchev–Trinajstić information content (AvgIpc) is 3.16. The highest BCUT2D eigenvalue weighted by Crippen LogP contribution is 2.32. The molecule has 1 aromatic heterocycles. The van der Waals surface area contributed by atoms with Gasteiger partial charge in [0.2, 0.25) is 0 Å². The second kappa shape index (κ2) is 7.35. The fraction of sp³-hybridized carbons (Fsp3) is 0.421. The Morgan fingerprint density at radius 1 is 1.16 bits per heavy atom. The normalized spacial score (nSPS) is 20.2. The number of urea groups is 1. The third kappa shape index (κ3) is 3.58. The first-order valence-corrected chi connectivity index (χ1v) is 9.61. The van der Waals surface area contributed by atoms with E-state index in [1.807, 2.05) is 37.3 Å². The summed E-state index contributed by atoms with van der Waals surface area (Å²) in [7, 11) is 0. The van der Waals surface area contributed by atoms with Crippen molar-refractivity contribution in [3.63, 3.8) is 0 Å². The van der Waals surface area contributed by atoms with Crippen LogP contribution in [-0.4, -0.2) is 22.5 Å². The van der Waals surface area contributed by atoms with E-state index in [9.17, 15) is 9.59 Å². The van der Waals surface area contributed by atoms with Gasteiger partial charge in [-0.1, -0.05) is 62.9 Å². The van der Waals surface area contributed by atoms with Crippen molar-refractivity contribution in [1.82, 2.24) is 10.3 Å². The average molecular weight is 357 g/mol. The van der Waals surface area contributed by atoms with Gasteiger partial charge in [-0.2, -0.15) is 0 Å². The number of rotatable bonds is 7. The summed E-state index contributed by atoms with van der Waals surface area (Å²) in [5.41, 5.74) is 0.148. The molecule has 3 amide bonds. The molecular weight excluding hydrogens is 334 g/mol. The highest BCUT2D eigenvalue weighted by molar-refractivity contribution is 7.13. The number of nitrogens with one attached hydrogen (secondary N) is 1. The highest BCUT2D eigenvalue weighted by Gasteiger charge is 2.48. The molecule has 2 heterocycles. The third-order valence-electron chi connectivity index (χ3n) is 4.53. The van der Waals surface area contributed by atoms with Gasteiger partial charge in [-0.05, 0) is 13.3 Å². The maximum atomic E-state index is 12.9. The molecule has 0 spiro atoms. The Bertz CT molecular complexity index is 759. The van der Waals surface area contributed by atoms with Gasteiger partial charge in [-0.3, -0.25) is 4.79 Å². The van der Waals surface area contributed by atoms with Gasteiger partial charge in [-0.15, -0.1) is 11.3 Å². The summed E-state index contributed by atoms with van der Waals surface area (Å²) in [6.07, 6.45) is 4.95. The van der Waals surface area contributed by atoms with Crippen molar-refractivity contribution in [2.75, 3.05) is 4.90 Å². The molecule has 1 aromatic carbocycles. The number of amides is 3. The molecule has 1 aliphatic heterocycles. The molecule has 6 heteroatoms. The van der Waals surface area contributed by atoms with Crippen LogP contribution in [0.1, 0.15) is 46.0 Å². The van der Waals surface area contributed by atoms with Gasteiger partial charge in [-0.25, -0.2) is 14.7 Å². The molecule has 0 bridgehead atoms. The third-order valence-corrected chi connectivity index (χ3v) is 5.41. The lowest BCUT2D eigenvalue weighted by Crippen LogP contribution is -2.43. The van der Waals surface area contributed by atoms with E-state index < -0.39 is 5.54 Å². The topological polar surface area (TPSA) is 62.3 Å². The van der Waals surface area contributed by atoms with Crippen molar-refractivity contribution in [3.8, 4) is 10.6 Å². The second-order valence-electron chi connectivity index (χ2n) is 6.59. The van der Waals surface area contributed by atoms with Crippen molar-refractivity contribution in [3.05, 3.63) is 35.7 Å². The summed E-state index contributed by atoms with van der Waals surface area (Å²) in [6.45, 7) is 3.96. The number of carbonyl (C=O) groups excluding carboxylic acids is 2. The quantitative estimate of drug-likeness (QED) is 0.582. The molecule has 1 atom stereocenters. The number of thiazole rings is 1. The highest BCUT2D eigenvalue weighted by atomic mass is 32.1. The summed E-state index contributed by atoms with van der Waals surface area (Å²) in [5.74, 6) is 0.197. The monoisotopic (exact) mass is 357 g/mol. The van der Waals surface area contributed by atoms with Crippen molar-refractivity contribution >= 4 is 29.1 Å². The van der Waals surface area contributed by atoms with Gasteiger partial charge in [0.25, 0.3) is 5.91 Å². The van der Waals surface area contributed by atoms with Gasteiger partial charge in [0, 0.05) is 10.9 Å². The van der Waals surface area contributed by atoms with Crippen molar-refractivity contribution in [2.45, 2.75) is 51.5 Å². The lowest BCUT2D eigenvalue weighted by molar-refractivity contribution is -0.121. The van der Waals surface area contributed by atoms with Crippen LogP contribution in [0.4, 0.5) is 10.6 Å². The molecule has 0 saturated carbocycles. The van der Waals surface area contributed by atoms with Gasteiger partial charge < -0.3 is 5.32 Å². The van der Waals surface area contributed by atoms with Gasteiger partial charge in [0.15, 0.2) is 5.82 Å². The molecule has 0 radical (unpaired) electrons. The first kappa shape index (κ1) is 17.6. The van der Waals surface area contributed by atoms with Crippen LogP contribution in [0.15, 0.2) is 35.7 Å². The van der Waals surface area contributed by atoms with Crippen LogP contribution in [0.3, 0.4) is 0 Å². The van der Waals surface area contributed by atoms with Crippen molar-refractivity contribution in [1.29, 1.82) is 0 Å². The molecular formula is C19H23N3O2S. The maximum absolute atomic E-state index is 12.9. The van der Waals surface area contributed by atoms with E-state index in [-0.39, 0.29) is 11.9 Å². The lowest BCUT2D eigenvalue weighted by Gasteiger charge is -2.21. The van der Waals surface area contributed by atoms with Gasteiger partial charge in [0.05, 0.1) is 0 Å². The number of anilines is 1. The fourth-order valence-electron chi connectivity index (χ4n) is 3.05. The predicted molar refractivity (Wildman–Crippen MR) is 101 cm³/mol. The van der Waals surface area contributed by atoms with E-state index in [4.69, 9.17) is 0 Å². The van der Waals surface area contributed by atoms with Crippen LogP contribution in [0.5, 0.6) is 0 Å². The molecule has 132 valence electrons. The summed E-state index contributed by atoms with van der Waals surface area (Å²) in [5, 5.41) is 5.42. The molecule has 25 heavy (non-hydrogen) atoms. The number of imide groups is 1. The molecule has 0 unspecified atom stereocenters. The van der Waals surface area contributed by atoms with Crippen LogP contribution in [0.2, 0.25) is 0 Å². The standard InChI is InChI=1S/C19H23N3O2S/c1-3-4-5-9-12-19(2)17(23)22(18(24)21-19)15-13-25-16(20-15)14-10-7-6-8-11-14/h6-8,10-11,13H,3-5,9,12H2,1-2H3,(H,21,24)/t19-/m0/s1. The fourth-order valence-corrected chi connectivity index (χ4v) is 3.84. The Hall–Kier alpha value is -2.21. The van der Waals surface area contributed by atoms with E-state index in [2.05, 4.69) is 17.2 Å². The number of carbonyl (C=O) groups is 2. The largest absolute Gasteiger partial charge is 0.330 e. The van der Waals surface area contributed by atoms with E-state index in [1.165, 1.54) is 16.2 Å². The molecule has 1 N–H and O–H groups in total. The molecule has 3 rings (SSSR count). The Balaban J connectivity index is 1.76.